The van der Waals surface area contributed by atoms with E-state index in [1.807, 2.05) is 12.1 Å². The van der Waals surface area contributed by atoms with Gasteiger partial charge in [-0.2, -0.15) is 0 Å². The first-order valence-corrected chi connectivity index (χ1v) is 32.8. The highest BCUT2D eigenvalue weighted by atomic mass is 35.5. The molecule has 0 saturated heterocycles. The van der Waals surface area contributed by atoms with Crippen molar-refractivity contribution in [3.05, 3.63) is 92.7 Å². The highest BCUT2D eigenvalue weighted by molar-refractivity contribution is 5.97. The number of ether oxygens (including phenoxy) is 4. The van der Waals surface area contributed by atoms with Crippen LogP contribution in [0.3, 0.4) is 0 Å². The summed E-state index contributed by atoms with van der Waals surface area (Å²) < 4.78 is 21.0. The third-order valence-electron chi connectivity index (χ3n) is 12.8. The monoisotopic (exact) mass is 1460 g/mol. The molecule has 2 aromatic carbocycles. The highest BCUT2D eigenvalue weighted by Gasteiger charge is 2.32. The van der Waals surface area contributed by atoms with E-state index >= 15 is 0 Å². The van der Waals surface area contributed by atoms with Crippen molar-refractivity contribution >= 4 is 59.2 Å². The number of amides is 8. The van der Waals surface area contributed by atoms with Gasteiger partial charge in [0.1, 0.15) is 37.4 Å². The van der Waals surface area contributed by atoms with Gasteiger partial charge in [-0.3, -0.25) is 47.9 Å². The number of halogens is 2. The van der Waals surface area contributed by atoms with E-state index in [2.05, 4.69) is 101 Å². The maximum atomic E-state index is 13.2. The number of carbonyl (C=O) groups excluding carboxylic acids is 10. The second-order valence-electron chi connectivity index (χ2n) is 21.2. The summed E-state index contributed by atoms with van der Waals surface area (Å²) in [6.45, 7) is 14.4. The van der Waals surface area contributed by atoms with E-state index in [0.717, 1.165) is 83.0 Å². The zero-order valence-corrected chi connectivity index (χ0v) is 59.2. The van der Waals surface area contributed by atoms with Gasteiger partial charge in [0.2, 0.25) is 47.3 Å². The number of rotatable bonds is 55. The Morgan fingerprint density at radius 2 is 0.800 bits per heavy atom. The molecule has 37 nitrogen and oxygen atoms in total. The molecule has 4 atom stereocenters. The number of hydrogen-bond acceptors (Lipinski definition) is 23. The lowest BCUT2D eigenvalue weighted by Gasteiger charge is -2.22. The summed E-state index contributed by atoms with van der Waals surface area (Å²) in [6.07, 6.45) is 1.81. The lowest BCUT2D eigenvalue weighted by molar-refractivity contribution is -0.365. The van der Waals surface area contributed by atoms with E-state index in [0.29, 0.717) is 39.3 Å². The van der Waals surface area contributed by atoms with Crippen molar-refractivity contribution in [1.82, 2.24) is 69.1 Å². The number of azide groups is 2. The minimum absolute atomic E-state index is 0. The van der Waals surface area contributed by atoms with Crippen molar-refractivity contribution in [2.75, 3.05) is 157 Å². The predicted octanol–water partition coefficient (Wildman–Crippen LogP) is -11.4. The standard InChI is InChI=1S/C28H34N6O8.C26H54N14O6.C7H19N3.2ClH/c1-20(35)32-24(17-26(37)42-19-22-10-6-3-7-11-22)28(39)33-23(27(38)30-12-14-40-15-13-31-34-29)16-25(36)41-18-21-8-4-2-5-9-21;1-20(41)38-22(19-24(43)35-13-11-33-9-7-31-5-3-28)26(45)39-21(25(44)36-14-16-46-17-15-37-40-29)18-23(42)34-12-10-32-8-6-30-4-2-27;8-4-2-1-3-6-10-7-5-9;;/h2-11,23-24H,12-19H2,1H3,(H,30,38)(H,32,35)(H,33,39);21-22,30-33H,2-19,27-28H2,1H3,(H,34,42)(H,35,43)(H,36,44)(H,38,41)(H,39,45);10H,1-9H2;2*1H/t23-,24+;21-,22+;;;/m00.../s1. The highest BCUT2D eigenvalue weighted by Crippen LogP contribution is 2.08. The van der Waals surface area contributed by atoms with Gasteiger partial charge >= 0.3 is 11.9 Å². The molecular weight excluding hydrogens is 1350 g/mol. The lowest BCUT2D eigenvalue weighted by Crippen LogP contribution is -3.00. The Labute approximate surface area is 597 Å². The topological polar surface area (TPSA) is 569 Å². The molecule has 0 aromatic heterocycles. The Bertz CT molecular complexity index is 2630. The summed E-state index contributed by atoms with van der Waals surface area (Å²) in [5.74, 6) is -6.65. The average molecular weight is 1460 g/mol. The van der Waals surface area contributed by atoms with Crippen molar-refractivity contribution in [3.63, 3.8) is 0 Å². The van der Waals surface area contributed by atoms with Crippen molar-refractivity contribution in [2.24, 2.45) is 21.7 Å². The number of benzene rings is 2. The Balaban J connectivity index is -0.00000162. The van der Waals surface area contributed by atoms with Gasteiger partial charge < -0.3 is 136 Å². The van der Waals surface area contributed by atoms with Crippen molar-refractivity contribution in [3.8, 4) is 0 Å². The smallest absolute Gasteiger partial charge is 0.308 e. The van der Waals surface area contributed by atoms with Crippen LogP contribution in [0, 0.1) is 0 Å². The van der Waals surface area contributed by atoms with Crippen LogP contribution in [0.15, 0.2) is 70.9 Å². The van der Waals surface area contributed by atoms with Gasteiger partial charge in [0.05, 0.1) is 65.2 Å². The lowest BCUT2D eigenvalue weighted by atomic mass is 10.1. The molecule has 8 amide bonds. The van der Waals surface area contributed by atoms with Crippen LogP contribution in [0.5, 0.6) is 0 Å². The Morgan fingerprint density at radius 3 is 1.18 bits per heavy atom. The number of nitrogens with two attached hydrogens (primary N) is 2. The normalized spacial score (nSPS) is 11.4. The number of nitrogens with zero attached hydrogens (tertiary/aromatic N) is 6. The van der Waals surface area contributed by atoms with Crippen LogP contribution in [0.25, 0.3) is 20.9 Å². The van der Waals surface area contributed by atoms with E-state index in [9.17, 15) is 47.9 Å². The second-order valence-corrected chi connectivity index (χ2v) is 21.2. The molecule has 2 aromatic rings. The first-order valence-electron chi connectivity index (χ1n) is 32.8. The number of carbonyl (C=O) groups is 10. The SMILES string of the molecule is CC(=O)N[C@H](CC(=O)NCCNCCNCC[NH3+])C(=O)N[C@@H](CC(=O)NCCNCCNCC[NH3+])C(=O)NCCOCCN=[N+]=[N-].CC(=O)N[C@H](CC(=O)OCc1ccccc1)C(=O)N[C@@H](CC(=O)OCc1ccccc1)C(=O)NCCOCCN=[N+]=[N-].NCCCCCNCCN.[Cl-].[Cl-]. The minimum atomic E-state index is -1.39. The van der Waals surface area contributed by atoms with Gasteiger partial charge in [-0.25, -0.2) is 0 Å². The summed E-state index contributed by atoms with van der Waals surface area (Å²) in [6, 6.07) is 12.5. The van der Waals surface area contributed by atoms with Crippen LogP contribution in [-0.4, -0.2) is 241 Å². The number of unbranched alkanes of at least 4 members (excludes halogenated alkanes) is 2. The maximum absolute atomic E-state index is 13.2. The van der Waals surface area contributed by atoms with Crippen LogP contribution >= 0.6 is 0 Å². The largest absolute Gasteiger partial charge is 1.00 e. The van der Waals surface area contributed by atoms with Gasteiger partial charge in [-0.05, 0) is 48.1 Å². The Hall–Kier alpha value is -8.10. The summed E-state index contributed by atoms with van der Waals surface area (Å²) in [5, 5.41) is 42.9. The van der Waals surface area contributed by atoms with Crippen LogP contribution in [0.1, 0.15) is 69.9 Å². The molecule has 0 unspecified atom stereocenters. The Morgan fingerprint density at radius 1 is 0.430 bits per heavy atom. The number of hydrogen-bond donors (Lipinski definition) is 17. The van der Waals surface area contributed by atoms with Crippen molar-refractivity contribution in [1.29, 1.82) is 0 Å². The molecule has 0 bridgehead atoms. The molecule has 39 heteroatoms. The summed E-state index contributed by atoms with van der Waals surface area (Å²) >= 11 is 0. The average Bonchev–Trinajstić information content (AvgIpc) is 0.887. The number of esters is 2. The molecule has 566 valence electrons. The fraction of sp³-hybridized carbons (Fsp3) is 0.639. The van der Waals surface area contributed by atoms with E-state index in [1.54, 1.807) is 48.5 Å². The van der Waals surface area contributed by atoms with Gasteiger partial charge in [0.15, 0.2) is 0 Å². The molecule has 0 heterocycles. The van der Waals surface area contributed by atoms with Crippen LogP contribution in [-0.2, 0) is 80.1 Å². The van der Waals surface area contributed by atoms with Crippen LogP contribution < -0.4 is 117 Å². The molecule has 23 N–H and O–H groups in total. The van der Waals surface area contributed by atoms with Gasteiger partial charge in [-0.1, -0.05) is 77.3 Å². The molecule has 0 aliphatic heterocycles. The maximum Gasteiger partial charge on any atom is 0.308 e. The van der Waals surface area contributed by atoms with E-state index in [1.165, 1.54) is 26.7 Å². The zero-order valence-electron chi connectivity index (χ0n) is 57.6. The molecule has 0 fully saturated rings. The van der Waals surface area contributed by atoms with E-state index in [4.69, 9.17) is 41.5 Å². The van der Waals surface area contributed by atoms with Gasteiger partial charge in [0, 0.05) is 128 Å². The summed E-state index contributed by atoms with van der Waals surface area (Å²) in [7, 11) is 0. The molecular formula is C61H109Cl2N23O14. The molecule has 0 aliphatic carbocycles. The molecule has 100 heavy (non-hydrogen) atoms. The van der Waals surface area contributed by atoms with E-state index < -0.39 is 96.2 Å². The third kappa shape index (κ3) is 57.8. The van der Waals surface area contributed by atoms with Crippen LogP contribution in [0.2, 0.25) is 0 Å². The molecule has 0 aliphatic rings. The first-order chi connectivity index (χ1) is 47.4. The minimum Gasteiger partial charge on any atom is -1.00 e. The number of nitrogens with one attached hydrogen (secondary N) is 13. The zero-order chi connectivity index (χ0) is 72.5. The predicted molar refractivity (Wildman–Crippen MR) is 364 cm³/mol. The fourth-order valence-electron chi connectivity index (χ4n) is 8.04. The number of quaternary nitrogens is 2. The van der Waals surface area contributed by atoms with Crippen molar-refractivity contribution in [2.45, 2.75) is 96.2 Å². The molecule has 0 spiro atoms. The van der Waals surface area contributed by atoms with Gasteiger partial charge in [-0.15, -0.1) is 0 Å². The van der Waals surface area contributed by atoms with Gasteiger partial charge in [0.25, 0.3) is 0 Å². The molecule has 2 rings (SSSR count). The fourth-order valence-corrected chi connectivity index (χ4v) is 8.04. The summed E-state index contributed by atoms with van der Waals surface area (Å²) in [5.41, 5.74) is 36.2. The Kier molecular flexibility index (Phi) is 65.4. The molecule has 0 radical (unpaired) electrons. The van der Waals surface area contributed by atoms with Crippen molar-refractivity contribution < 1.29 is 103 Å². The van der Waals surface area contributed by atoms with Crippen LogP contribution in [0.4, 0.5) is 0 Å². The first kappa shape index (κ1) is 96.1. The summed E-state index contributed by atoms with van der Waals surface area (Å²) in [4.78, 5) is 131. The second kappa shape index (κ2) is 68.1. The third-order valence-corrected chi connectivity index (χ3v) is 12.8. The quantitative estimate of drug-likeness (QED) is 0.00961. The van der Waals surface area contributed by atoms with E-state index in [-0.39, 0.29) is 103 Å². The molecule has 0 saturated carbocycles.